The van der Waals surface area contributed by atoms with Gasteiger partial charge in [0.15, 0.2) is 0 Å². The first kappa shape index (κ1) is 14.4. The molecule has 1 aromatic carbocycles. The lowest BCUT2D eigenvalue weighted by atomic mass is 9.82. The van der Waals surface area contributed by atoms with E-state index >= 15 is 0 Å². The molecule has 1 heterocycles. The van der Waals surface area contributed by atoms with Gasteiger partial charge in [-0.15, -0.1) is 0 Å². The van der Waals surface area contributed by atoms with Crippen molar-refractivity contribution in [3.8, 4) is 5.75 Å². The Morgan fingerprint density at radius 2 is 1.79 bits per heavy atom. The molecule has 1 atom stereocenters. The molecule has 0 fully saturated rings. The molecule has 19 heavy (non-hydrogen) atoms. The van der Waals surface area contributed by atoms with Crippen molar-refractivity contribution >= 4 is 0 Å². The second-order valence-corrected chi connectivity index (χ2v) is 5.78. The minimum Gasteiger partial charge on any atom is -0.487 e. The minimum atomic E-state index is 0.00152. The highest BCUT2D eigenvalue weighted by atomic mass is 16.5. The number of aryl methyl sites for hydroxylation is 2. The molecule has 0 radical (unpaired) electrons. The third kappa shape index (κ3) is 2.64. The largest absolute Gasteiger partial charge is 0.487 e. The van der Waals surface area contributed by atoms with Gasteiger partial charge in [0.1, 0.15) is 11.4 Å². The smallest absolute Gasteiger partial charge is 0.125 e. The number of benzene rings is 1. The van der Waals surface area contributed by atoms with Gasteiger partial charge in [0.05, 0.1) is 0 Å². The number of hydrogen-bond donors (Lipinski definition) is 1. The first-order chi connectivity index (χ1) is 9.05. The molecule has 106 valence electrons. The van der Waals surface area contributed by atoms with Gasteiger partial charge in [-0.2, -0.15) is 0 Å². The van der Waals surface area contributed by atoms with Crippen LogP contribution in [0.4, 0.5) is 0 Å². The highest BCUT2D eigenvalue weighted by Gasteiger charge is 2.38. The Kier molecular flexibility index (Phi) is 4.19. The van der Waals surface area contributed by atoms with E-state index in [9.17, 15) is 0 Å². The zero-order chi connectivity index (χ0) is 14.0. The first-order valence-corrected chi connectivity index (χ1v) is 7.58. The molecule has 1 aliphatic heterocycles. The van der Waals surface area contributed by atoms with Crippen molar-refractivity contribution in [3.63, 3.8) is 0 Å². The second-order valence-electron chi connectivity index (χ2n) is 5.78. The van der Waals surface area contributed by atoms with Crippen molar-refractivity contribution in [2.24, 2.45) is 0 Å². The minimum absolute atomic E-state index is 0.00152. The Labute approximate surface area is 117 Å². The van der Waals surface area contributed by atoms with Crippen LogP contribution in [0.15, 0.2) is 12.1 Å². The van der Waals surface area contributed by atoms with E-state index in [1.54, 1.807) is 0 Å². The lowest BCUT2D eigenvalue weighted by Gasteiger charge is -2.42. The van der Waals surface area contributed by atoms with Gasteiger partial charge in [0.25, 0.3) is 0 Å². The highest BCUT2D eigenvalue weighted by molar-refractivity contribution is 5.45. The molecule has 0 amide bonds. The fraction of sp³-hybridized carbons (Fsp3) is 0.647. The van der Waals surface area contributed by atoms with E-state index in [0.29, 0.717) is 6.04 Å². The summed E-state index contributed by atoms with van der Waals surface area (Å²) < 4.78 is 6.39. The van der Waals surface area contributed by atoms with Gasteiger partial charge in [-0.3, -0.25) is 0 Å². The lowest BCUT2D eigenvalue weighted by Crippen LogP contribution is -2.43. The van der Waals surface area contributed by atoms with Crippen LogP contribution in [0.3, 0.4) is 0 Å². The zero-order valence-corrected chi connectivity index (χ0v) is 13.0. The predicted molar refractivity (Wildman–Crippen MR) is 80.9 cm³/mol. The van der Waals surface area contributed by atoms with E-state index in [4.69, 9.17) is 4.74 Å². The van der Waals surface area contributed by atoms with Crippen LogP contribution in [-0.4, -0.2) is 12.1 Å². The van der Waals surface area contributed by atoms with Crippen molar-refractivity contribution in [2.75, 3.05) is 6.54 Å². The molecule has 0 saturated heterocycles. The van der Waals surface area contributed by atoms with Gasteiger partial charge in [-0.1, -0.05) is 26.8 Å². The van der Waals surface area contributed by atoms with Crippen LogP contribution in [0.5, 0.6) is 5.75 Å². The molecule has 2 heteroatoms. The number of rotatable bonds is 4. The molecule has 0 aromatic heterocycles. The second kappa shape index (κ2) is 5.54. The van der Waals surface area contributed by atoms with Crippen LogP contribution in [0, 0.1) is 13.8 Å². The lowest BCUT2D eigenvalue weighted by molar-refractivity contribution is 0.0230. The molecule has 1 unspecified atom stereocenters. The normalized spacial score (nSPS) is 20.8. The van der Waals surface area contributed by atoms with Gasteiger partial charge in [-0.05, 0) is 50.4 Å². The van der Waals surface area contributed by atoms with E-state index in [1.807, 2.05) is 0 Å². The summed E-state index contributed by atoms with van der Waals surface area (Å²) in [6.45, 7) is 12.0. The Morgan fingerprint density at radius 3 is 2.37 bits per heavy atom. The number of ether oxygens (including phenoxy) is 1. The fourth-order valence-corrected chi connectivity index (χ4v) is 3.04. The summed E-state index contributed by atoms with van der Waals surface area (Å²) in [6.07, 6.45) is 3.21. The van der Waals surface area contributed by atoms with E-state index in [1.165, 1.54) is 16.7 Å². The van der Waals surface area contributed by atoms with Crippen molar-refractivity contribution in [3.05, 3.63) is 28.8 Å². The summed E-state index contributed by atoms with van der Waals surface area (Å²) in [5, 5.41) is 3.63. The maximum absolute atomic E-state index is 6.39. The molecule has 2 rings (SSSR count). The van der Waals surface area contributed by atoms with Crippen LogP contribution >= 0.6 is 0 Å². The third-order valence-corrected chi connectivity index (χ3v) is 4.64. The standard InChI is InChI=1S/C17H27NO/c1-6-17(7-2)11-15(18-8-3)14-9-12(4)13(5)10-16(14)19-17/h9-10,15,18H,6-8,11H2,1-5H3. The van der Waals surface area contributed by atoms with Gasteiger partial charge in [0.2, 0.25) is 0 Å². The van der Waals surface area contributed by atoms with Crippen molar-refractivity contribution in [2.45, 2.75) is 65.5 Å². The Bertz CT molecular complexity index is 449. The molecular weight excluding hydrogens is 234 g/mol. The third-order valence-electron chi connectivity index (χ3n) is 4.64. The molecule has 1 N–H and O–H groups in total. The van der Waals surface area contributed by atoms with Gasteiger partial charge < -0.3 is 10.1 Å². The Balaban J connectivity index is 2.45. The quantitative estimate of drug-likeness (QED) is 0.872. The van der Waals surface area contributed by atoms with Crippen molar-refractivity contribution in [1.82, 2.24) is 5.32 Å². The van der Waals surface area contributed by atoms with Crippen molar-refractivity contribution < 1.29 is 4.74 Å². The summed E-state index contributed by atoms with van der Waals surface area (Å²) in [7, 11) is 0. The Morgan fingerprint density at radius 1 is 1.16 bits per heavy atom. The van der Waals surface area contributed by atoms with Crippen LogP contribution in [0.2, 0.25) is 0 Å². The number of fused-ring (bicyclic) bond motifs is 1. The SMILES string of the molecule is CCNC1CC(CC)(CC)Oc2cc(C)c(C)cc21. The monoisotopic (exact) mass is 261 g/mol. The molecule has 0 saturated carbocycles. The molecule has 0 bridgehead atoms. The number of hydrogen-bond acceptors (Lipinski definition) is 2. The maximum atomic E-state index is 6.39. The molecule has 1 aliphatic rings. The average Bonchev–Trinajstić information content (AvgIpc) is 2.41. The molecule has 1 aromatic rings. The summed E-state index contributed by atoms with van der Waals surface area (Å²) in [6, 6.07) is 4.94. The maximum Gasteiger partial charge on any atom is 0.125 e. The van der Waals surface area contributed by atoms with Crippen molar-refractivity contribution in [1.29, 1.82) is 0 Å². The van der Waals surface area contributed by atoms with Crippen LogP contribution in [0.25, 0.3) is 0 Å². The fourth-order valence-electron chi connectivity index (χ4n) is 3.04. The van der Waals surface area contributed by atoms with Crippen LogP contribution < -0.4 is 10.1 Å². The van der Waals surface area contributed by atoms with E-state index < -0.39 is 0 Å². The molecular formula is C17H27NO. The number of nitrogens with one attached hydrogen (secondary N) is 1. The summed E-state index contributed by atoms with van der Waals surface area (Å²) in [4.78, 5) is 0. The highest BCUT2D eigenvalue weighted by Crippen LogP contribution is 2.43. The van der Waals surface area contributed by atoms with Crippen LogP contribution in [0.1, 0.15) is 62.8 Å². The predicted octanol–water partition coefficient (Wildman–Crippen LogP) is 4.30. The molecule has 0 spiro atoms. The van der Waals surface area contributed by atoms with Gasteiger partial charge in [0, 0.05) is 18.0 Å². The molecule has 2 nitrogen and oxygen atoms in total. The van der Waals surface area contributed by atoms with Gasteiger partial charge in [-0.25, -0.2) is 0 Å². The summed E-state index contributed by atoms with van der Waals surface area (Å²) in [5.74, 6) is 1.09. The average molecular weight is 261 g/mol. The Hall–Kier alpha value is -1.02. The van der Waals surface area contributed by atoms with E-state index in [0.717, 1.165) is 31.6 Å². The molecule has 0 aliphatic carbocycles. The van der Waals surface area contributed by atoms with E-state index in [-0.39, 0.29) is 5.60 Å². The van der Waals surface area contributed by atoms with Crippen LogP contribution in [-0.2, 0) is 0 Å². The van der Waals surface area contributed by atoms with Gasteiger partial charge >= 0.3 is 0 Å². The summed E-state index contributed by atoms with van der Waals surface area (Å²) in [5.41, 5.74) is 4.01. The van der Waals surface area contributed by atoms with E-state index in [2.05, 4.69) is 52.1 Å². The zero-order valence-electron chi connectivity index (χ0n) is 13.0. The topological polar surface area (TPSA) is 21.3 Å². The first-order valence-electron chi connectivity index (χ1n) is 7.58. The summed E-state index contributed by atoms with van der Waals surface area (Å²) >= 11 is 0.